The number of aliphatic carboxylic acids is 1. The van der Waals surface area contributed by atoms with Crippen LogP contribution in [-0.4, -0.2) is 34.7 Å². The zero-order valence-corrected chi connectivity index (χ0v) is 14.0. The van der Waals surface area contributed by atoms with Gasteiger partial charge in [0, 0.05) is 23.9 Å². The summed E-state index contributed by atoms with van der Waals surface area (Å²) in [7, 11) is 1.64. The third-order valence-electron chi connectivity index (χ3n) is 3.63. The van der Waals surface area contributed by atoms with Crippen LogP contribution in [0, 0.1) is 0 Å². The molecule has 0 saturated carbocycles. The van der Waals surface area contributed by atoms with Crippen molar-refractivity contribution < 1.29 is 14.6 Å². The van der Waals surface area contributed by atoms with Gasteiger partial charge >= 0.3 is 5.97 Å². The molecule has 3 aromatic rings. The maximum Gasteiger partial charge on any atom is 0.303 e. The van der Waals surface area contributed by atoms with Crippen molar-refractivity contribution >= 4 is 33.3 Å². The second-order valence-electron chi connectivity index (χ2n) is 5.20. The lowest BCUT2D eigenvalue weighted by atomic mass is 10.1. The molecular weight excluding hydrogens is 326 g/mol. The number of nitrogens with zero attached hydrogens (tertiary/aromatic N) is 2. The molecule has 2 heterocycles. The summed E-state index contributed by atoms with van der Waals surface area (Å²) in [6.45, 7) is 0.552. The fourth-order valence-corrected chi connectivity index (χ4v) is 3.35. The van der Waals surface area contributed by atoms with E-state index in [4.69, 9.17) is 9.84 Å². The van der Waals surface area contributed by atoms with Crippen molar-refractivity contribution in [2.24, 2.45) is 0 Å². The molecule has 7 heteroatoms. The van der Waals surface area contributed by atoms with Gasteiger partial charge in [-0.3, -0.25) is 4.79 Å². The molecule has 0 aliphatic rings. The molecule has 0 unspecified atom stereocenters. The summed E-state index contributed by atoms with van der Waals surface area (Å²) >= 11 is 1.56. The SMILES string of the molecule is COc1ccc(-c2csc3ncnc(NCCCC(=O)O)c23)cc1. The number of rotatable bonds is 7. The Balaban J connectivity index is 1.89. The highest BCUT2D eigenvalue weighted by Crippen LogP contribution is 2.36. The number of aromatic nitrogens is 2. The molecular formula is C17H17N3O3S. The van der Waals surface area contributed by atoms with Crippen LogP contribution in [0.4, 0.5) is 5.82 Å². The van der Waals surface area contributed by atoms with Gasteiger partial charge in [-0.05, 0) is 24.1 Å². The molecule has 0 spiro atoms. The summed E-state index contributed by atoms with van der Waals surface area (Å²) in [5.41, 5.74) is 2.12. The molecule has 2 N–H and O–H groups in total. The van der Waals surface area contributed by atoms with E-state index in [0.29, 0.717) is 13.0 Å². The van der Waals surface area contributed by atoms with Crippen LogP contribution in [0.15, 0.2) is 36.0 Å². The van der Waals surface area contributed by atoms with Crippen LogP contribution in [-0.2, 0) is 4.79 Å². The quantitative estimate of drug-likeness (QED) is 0.637. The number of carboxylic acid groups (broad SMARTS) is 1. The Hall–Kier alpha value is -2.67. The Labute approximate surface area is 143 Å². The number of carbonyl (C=O) groups is 1. The summed E-state index contributed by atoms with van der Waals surface area (Å²) in [6, 6.07) is 7.84. The molecule has 0 fully saturated rings. The first-order valence-corrected chi connectivity index (χ1v) is 8.39. The number of anilines is 1. The van der Waals surface area contributed by atoms with Crippen molar-refractivity contribution in [3.63, 3.8) is 0 Å². The maximum absolute atomic E-state index is 10.6. The predicted octanol–water partition coefficient (Wildman–Crippen LogP) is 3.64. The molecule has 6 nitrogen and oxygen atoms in total. The fraction of sp³-hybridized carbons (Fsp3) is 0.235. The number of thiophene rings is 1. The summed E-state index contributed by atoms with van der Waals surface area (Å²) in [6.07, 6.45) is 2.20. The average Bonchev–Trinajstić information content (AvgIpc) is 3.03. The molecule has 0 radical (unpaired) electrons. The molecule has 0 aliphatic carbocycles. The number of hydrogen-bond acceptors (Lipinski definition) is 6. The van der Waals surface area contributed by atoms with Crippen molar-refractivity contribution in [3.8, 4) is 16.9 Å². The summed E-state index contributed by atoms with van der Waals surface area (Å²) < 4.78 is 5.20. The van der Waals surface area contributed by atoms with Gasteiger partial charge in [0.1, 0.15) is 22.7 Å². The van der Waals surface area contributed by atoms with E-state index in [1.165, 1.54) is 6.33 Å². The average molecular weight is 343 g/mol. The number of carboxylic acids is 1. The first-order chi connectivity index (χ1) is 11.7. The number of fused-ring (bicyclic) bond motifs is 1. The van der Waals surface area contributed by atoms with Crippen molar-refractivity contribution in [2.45, 2.75) is 12.8 Å². The molecule has 0 saturated heterocycles. The number of hydrogen-bond donors (Lipinski definition) is 2. The van der Waals surface area contributed by atoms with E-state index in [9.17, 15) is 4.79 Å². The Kier molecular flexibility index (Phi) is 4.90. The summed E-state index contributed by atoms with van der Waals surface area (Å²) in [5, 5.41) is 15.0. The first kappa shape index (κ1) is 16.2. The topological polar surface area (TPSA) is 84.3 Å². The number of methoxy groups -OCH3 is 1. The highest BCUT2D eigenvalue weighted by molar-refractivity contribution is 7.17. The molecule has 1 aromatic carbocycles. The van der Waals surface area contributed by atoms with Crippen LogP contribution in [0.2, 0.25) is 0 Å². The van der Waals surface area contributed by atoms with Crippen molar-refractivity contribution in [3.05, 3.63) is 36.0 Å². The van der Waals surface area contributed by atoms with E-state index >= 15 is 0 Å². The van der Waals surface area contributed by atoms with Gasteiger partial charge in [0.2, 0.25) is 0 Å². The molecule has 2 aromatic heterocycles. The fourth-order valence-electron chi connectivity index (χ4n) is 2.44. The molecule has 0 aliphatic heterocycles. The van der Waals surface area contributed by atoms with Gasteiger partial charge in [0.25, 0.3) is 0 Å². The van der Waals surface area contributed by atoms with Gasteiger partial charge < -0.3 is 15.2 Å². The minimum atomic E-state index is -0.793. The Morgan fingerprint density at radius 2 is 2.08 bits per heavy atom. The van der Waals surface area contributed by atoms with Crippen molar-refractivity contribution in [1.82, 2.24) is 9.97 Å². The largest absolute Gasteiger partial charge is 0.497 e. The monoisotopic (exact) mass is 343 g/mol. The van der Waals surface area contributed by atoms with E-state index < -0.39 is 5.97 Å². The van der Waals surface area contributed by atoms with Crippen LogP contribution < -0.4 is 10.1 Å². The highest BCUT2D eigenvalue weighted by Gasteiger charge is 2.13. The van der Waals surface area contributed by atoms with E-state index in [-0.39, 0.29) is 6.42 Å². The minimum absolute atomic E-state index is 0.135. The standard InChI is InChI=1S/C17H17N3O3S/c1-23-12-6-4-11(5-7-12)13-9-24-17-15(13)16(19-10-20-17)18-8-2-3-14(21)22/h4-7,9-10H,2-3,8H2,1H3,(H,21,22)(H,18,19,20). The number of nitrogens with one attached hydrogen (secondary N) is 1. The van der Waals surface area contributed by atoms with Gasteiger partial charge in [-0.1, -0.05) is 12.1 Å². The third kappa shape index (κ3) is 3.46. The van der Waals surface area contributed by atoms with Gasteiger partial charge in [0.15, 0.2) is 0 Å². The lowest BCUT2D eigenvalue weighted by molar-refractivity contribution is -0.137. The summed E-state index contributed by atoms with van der Waals surface area (Å²) in [5.74, 6) is 0.748. The molecule has 3 rings (SSSR count). The van der Waals surface area contributed by atoms with Crippen molar-refractivity contribution in [1.29, 1.82) is 0 Å². The van der Waals surface area contributed by atoms with Gasteiger partial charge in [-0.15, -0.1) is 11.3 Å². The Morgan fingerprint density at radius 3 is 2.79 bits per heavy atom. The van der Waals surface area contributed by atoms with Gasteiger partial charge in [-0.2, -0.15) is 0 Å². The second kappa shape index (κ2) is 7.27. The summed E-state index contributed by atoms with van der Waals surface area (Å²) in [4.78, 5) is 20.2. The third-order valence-corrected chi connectivity index (χ3v) is 4.52. The molecule has 124 valence electrons. The normalized spacial score (nSPS) is 10.7. The smallest absolute Gasteiger partial charge is 0.303 e. The zero-order chi connectivity index (χ0) is 16.9. The lowest BCUT2D eigenvalue weighted by Gasteiger charge is -2.08. The lowest BCUT2D eigenvalue weighted by Crippen LogP contribution is -2.06. The van der Waals surface area contributed by atoms with Crippen molar-refractivity contribution in [2.75, 3.05) is 19.0 Å². The van der Waals surface area contributed by atoms with E-state index in [1.807, 2.05) is 24.3 Å². The Morgan fingerprint density at radius 1 is 1.29 bits per heavy atom. The highest BCUT2D eigenvalue weighted by atomic mass is 32.1. The Bertz CT molecular complexity index is 846. The molecule has 0 bridgehead atoms. The zero-order valence-electron chi connectivity index (χ0n) is 13.2. The predicted molar refractivity (Wildman–Crippen MR) is 94.8 cm³/mol. The molecule has 24 heavy (non-hydrogen) atoms. The maximum atomic E-state index is 10.6. The van der Waals surface area contributed by atoms with Crippen LogP contribution in [0.25, 0.3) is 21.3 Å². The van der Waals surface area contributed by atoms with Gasteiger partial charge in [0.05, 0.1) is 12.5 Å². The van der Waals surface area contributed by atoms with Crippen LogP contribution in [0.5, 0.6) is 5.75 Å². The van der Waals surface area contributed by atoms with E-state index in [1.54, 1.807) is 18.4 Å². The van der Waals surface area contributed by atoms with Crippen LogP contribution >= 0.6 is 11.3 Å². The number of ether oxygens (including phenoxy) is 1. The second-order valence-corrected chi connectivity index (χ2v) is 6.06. The van der Waals surface area contributed by atoms with Crippen LogP contribution in [0.1, 0.15) is 12.8 Å². The first-order valence-electron chi connectivity index (χ1n) is 7.51. The molecule has 0 atom stereocenters. The van der Waals surface area contributed by atoms with Crippen LogP contribution in [0.3, 0.4) is 0 Å². The minimum Gasteiger partial charge on any atom is -0.497 e. The van der Waals surface area contributed by atoms with Gasteiger partial charge in [-0.25, -0.2) is 9.97 Å². The number of benzene rings is 1. The van der Waals surface area contributed by atoms with E-state index in [0.717, 1.165) is 32.9 Å². The molecule has 0 amide bonds. The van der Waals surface area contributed by atoms with E-state index in [2.05, 4.69) is 20.7 Å².